The summed E-state index contributed by atoms with van der Waals surface area (Å²) in [6.07, 6.45) is -4.02. The molecule has 0 spiro atoms. The monoisotopic (exact) mass is 317 g/mol. The molecule has 21 heavy (non-hydrogen) atoms. The molecule has 0 radical (unpaired) electrons. The Labute approximate surface area is 122 Å². The third-order valence-electron chi connectivity index (χ3n) is 3.20. The molecule has 3 nitrogen and oxygen atoms in total. The number of hydrogen-bond acceptors (Lipinski definition) is 3. The van der Waals surface area contributed by atoms with Gasteiger partial charge in [-0.2, -0.15) is 13.2 Å². The van der Waals surface area contributed by atoms with Crippen LogP contribution in [0.3, 0.4) is 0 Å². The highest BCUT2D eigenvalue weighted by Gasteiger charge is 2.34. The van der Waals surface area contributed by atoms with Crippen molar-refractivity contribution in [3.05, 3.63) is 46.6 Å². The van der Waals surface area contributed by atoms with E-state index in [1.807, 2.05) is 0 Å². The Balaban J connectivity index is 2.07. The largest absolute Gasteiger partial charge is 0.433 e. The maximum Gasteiger partial charge on any atom is 0.433 e. The van der Waals surface area contributed by atoms with Crippen LogP contribution in [-0.4, -0.2) is 16.5 Å². The van der Waals surface area contributed by atoms with Gasteiger partial charge in [0.05, 0.1) is 0 Å². The van der Waals surface area contributed by atoms with Gasteiger partial charge in [0.1, 0.15) is 11.6 Å². The van der Waals surface area contributed by atoms with Crippen LogP contribution < -0.4 is 4.90 Å². The second-order valence-corrected chi connectivity index (χ2v) is 4.89. The van der Waals surface area contributed by atoms with Crippen molar-refractivity contribution in [3.63, 3.8) is 0 Å². The zero-order valence-corrected chi connectivity index (χ0v) is 11.2. The second-order valence-electron chi connectivity index (χ2n) is 4.55. The van der Waals surface area contributed by atoms with Gasteiger partial charge in [-0.05, 0) is 35.7 Å². The zero-order chi connectivity index (χ0) is 15.2. The van der Waals surface area contributed by atoms with E-state index in [1.165, 1.54) is 17.0 Å². The summed E-state index contributed by atoms with van der Waals surface area (Å²) < 4.78 is 51.6. The van der Waals surface area contributed by atoms with Gasteiger partial charge < -0.3 is 4.90 Å². The summed E-state index contributed by atoms with van der Waals surface area (Å²) in [6.45, 7) is 0.406. The average Bonchev–Trinajstić information content (AvgIpc) is 2.79. The number of aromatic nitrogens is 2. The summed E-state index contributed by atoms with van der Waals surface area (Å²) in [4.78, 5) is 8.50. The van der Waals surface area contributed by atoms with Crippen LogP contribution in [0.4, 0.5) is 29.1 Å². The summed E-state index contributed by atoms with van der Waals surface area (Å²) in [5, 5.41) is -0.496. The van der Waals surface area contributed by atoms with Gasteiger partial charge >= 0.3 is 6.18 Å². The van der Waals surface area contributed by atoms with Gasteiger partial charge in [0, 0.05) is 18.3 Å². The fourth-order valence-electron chi connectivity index (χ4n) is 2.28. The first-order valence-corrected chi connectivity index (χ1v) is 6.40. The molecule has 3 rings (SSSR count). The highest BCUT2D eigenvalue weighted by atomic mass is 35.5. The molecule has 0 N–H and O–H groups in total. The number of rotatable bonds is 1. The van der Waals surface area contributed by atoms with Gasteiger partial charge in [-0.15, -0.1) is 0 Å². The lowest BCUT2D eigenvalue weighted by atomic mass is 10.2. The molecule has 0 atom stereocenters. The van der Waals surface area contributed by atoms with Crippen molar-refractivity contribution >= 4 is 23.1 Å². The van der Waals surface area contributed by atoms with Crippen LogP contribution in [0.25, 0.3) is 0 Å². The molecule has 0 saturated heterocycles. The highest BCUT2D eigenvalue weighted by molar-refractivity contribution is 6.28. The lowest BCUT2D eigenvalue weighted by Crippen LogP contribution is -2.18. The number of alkyl halides is 3. The lowest BCUT2D eigenvalue weighted by molar-refractivity contribution is -0.141. The highest BCUT2D eigenvalue weighted by Crippen LogP contribution is 2.37. The van der Waals surface area contributed by atoms with Crippen LogP contribution in [0.1, 0.15) is 11.3 Å². The fourth-order valence-corrected chi connectivity index (χ4v) is 2.46. The van der Waals surface area contributed by atoms with Crippen molar-refractivity contribution in [2.24, 2.45) is 0 Å². The van der Waals surface area contributed by atoms with Crippen LogP contribution in [0.2, 0.25) is 5.28 Å². The molecule has 0 amide bonds. The summed E-state index contributed by atoms with van der Waals surface area (Å²) in [5.41, 5.74) is 0.222. The summed E-state index contributed by atoms with van der Waals surface area (Å²) in [5.74, 6) is -0.455. The first-order valence-electron chi connectivity index (χ1n) is 6.02. The Morgan fingerprint density at radius 2 is 1.90 bits per heavy atom. The van der Waals surface area contributed by atoms with Crippen LogP contribution in [-0.2, 0) is 12.6 Å². The summed E-state index contributed by atoms with van der Waals surface area (Å²) in [6, 6.07) is 5.01. The predicted octanol–water partition coefficient (Wildman–Crippen LogP) is 3.98. The minimum Gasteiger partial charge on any atom is -0.326 e. The third-order valence-corrected chi connectivity index (χ3v) is 3.36. The van der Waals surface area contributed by atoms with Gasteiger partial charge in [-0.25, -0.2) is 14.4 Å². The molecular weight excluding hydrogens is 310 g/mol. The number of benzene rings is 1. The van der Waals surface area contributed by atoms with E-state index in [9.17, 15) is 17.6 Å². The van der Waals surface area contributed by atoms with Gasteiger partial charge in [0.2, 0.25) is 5.28 Å². The van der Waals surface area contributed by atoms with E-state index >= 15 is 0 Å². The van der Waals surface area contributed by atoms with Crippen LogP contribution in [0, 0.1) is 5.82 Å². The normalized spacial score (nSPS) is 14.4. The standard InChI is InChI=1S/C13H8ClF4N3/c14-12-19-10(13(16,17)18)6-11(20-12)21-4-3-7-1-2-8(15)5-9(7)21/h1-2,5-6H,3-4H2. The Bertz CT molecular complexity index is 702. The maximum absolute atomic E-state index is 13.3. The van der Waals surface area contributed by atoms with E-state index in [-0.39, 0.29) is 5.82 Å². The Hall–Kier alpha value is -1.89. The van der Waals surface area contributed by atoms with Crippen molar-refractivity contribution in [1.82, 2.24) is 9.97 Å². The molecular formula is C13H8ClF4N3. The molecule has 1 aliphatic rings. The SMILES string of the molecule is Fc1ccc2c(c1)N(c1cc(C(F)(F)F)nc(Cl)n1)CC2. The van der Waals surface area contributed by atoms with Crippen molar-refractivity contribution in [1.29, 1.82) is 0 Å². The number of hydrogen-bond donors (Lipinski definition) is 0. The first kappa shape index (κ1) is 14.1. The molecule has 110 valence electrons. The Morgan fingerprint density at radius 1 is 1.14 bits per heavy atom. The molecule has 0 saturated carbocycles. The Kier molecular flexibility index (Phi) is 3.24. The summed E-state index contributed by atoms with van der Waals surface area (Å²) in [7, 11) is 0. The zero-order valence-electron chi connectivity index (χ0n) is 10.5. The minimum atomic E-state index is -4.62. The fraction of sp³-hybridized carbons (Fsp3) is 0.231. The molecule has 0 fully saturated rings. The molecule has 1 aromatic heterocycles. The van der Waals surface area contributed by atoms with Crippen LogP contribution in [0.5, 0.6) is 0 Å². The Morgan fingerprint density at radius 3 is 2.62 bits per heavy atom. The van der Waals surface area contributed by atoms with Crippen molar-refractivity contribution in [2.75, 3.05) is 11.4 Å². The van der Waals surface area contributed by atoms with Crippen molar-refractivity contribution in [3.8, 4) is 0 Å². The molecule has 0 unspecified atom stereocenters. The predicted molar refractivity (Wildman–Crippen MR) is 69.2 cm³/mol. The number of fused-ring (bicyclic) bond motifs is 1. The maximum atomic E-state index is 13.3. The van der Waals surface area contributed by atoms with E-state index in [1.54, 1.807) is 6.07 Å². The topological polar surface area (TPSA) is 29.0 Å². The number of anilines is 2. The number of halogens is 5. The van der Waals surface area contributed by atoms with Gasteiger partial charge in [-0.3, -0.25) is 0 Å². The quantitative estimate of drug-likeness (QED) is 0.588. The van der Waals surface area contributed by atoms with Gasteiger partial charge in [0.25, 0.3) is 0 Å². The van der Waals surface area contributed by atoms with Crippen LogP contribution >= 0.6 is 11.6 Å². The molecule has 0 aliphatic carbocycles. The first-order chi connectivity index (χ1) is 9.84. The molecule has 1 aliphatic heterocycles. The van der Waals surface area contributed by atoms with E-state index in [0.29, 0.717) is 18.7 Å². The summed E-state index contributed by atoms with van der Waals surface area (Å²) >= 11 is 5.57. The van der Waals surface area contributed by atoms with E-state index in [2.05, 4.69) is 9.97 Å². The lowest BCUT2D eigenvalue weighted by Gasteiger charge is -2.19. The van der Waals surface area contributed by atoms with Crippen molar-refractivity contribution < 1.29 is 17.6 Å². The van der Waals surface area contributed by atoms with E-state index in [4.69, 9.17) is 11.6 Å². The van der Waals surface area contributed by atoms with Crippen molar-refractivity contribution in [2.45, 2.75) is 12.6 Å². The van der Waals surface area contributed by atoms with Crippen LogP contribution in [0.15, 0.2) is 24.3 Å². The smallest absolute Gasteiger partial charge is 0.326 e. The second kappa shape index (κ2) is 4.84. The molecule has 2 heterocycles. The minimum absolute atomic E-state index is 0.00618. The van der Waals surface area contributed by atoms with Gasteiger partial charge in [-0.1, -0.05) is 6.07 Å². The molecule has 1 aromatic carbocycles. The number of nitrogens with zero attached hydrogens (tertiary/aromatic N) is 3. The average molecular weight is 318 g/mol. The molecule has 0 bridgehead atoms. The third kappa shape index (κ3) is 2.65. The molecule has 2 aromatic rings. The van der Waals surface area contributed by atoms with E-state index < -0.39 is 23.0 Å². The van der Waals surface area contributed by atoms with Gasteiger partial charge in [0.15, 0.2) is 5.69 Å². The molecule has 8 heteroatoms. The van der Waals surface area contributed by atoms with E-state index in [0.717, 1.165) is 11.6 Å².